The quantitative estimate of drug-likeness (QED) is 0.717. The van der Waals surface area contributed by atoms with Gasteiger partial charge in [0.05, 0.1) is 5.69 Å². The van der Waals surface area contributed by atoms with Crippen LogP contribution in [0.25, 0.3) is 0 Å². The average molecular weight is 418 g/mol. The number of halogens is 1. The molecule has 1 aromatic carbocycles. The molecule has 0 radical (unpaired) electrons. The van der Waals surface area contributed by atoms with Gasteiger partial charge in [0.25, 0.3) is 5.56 Å². The number of piperidine rings is 1. The molecule has 4 rings (SSSR count). The Balaban J connectivity index is 1.54. The van der Waals surface area contributed by atoms with Gasteiger partial charge in [0.2, 0.25) is 0 Å². The third-order valence-electron chi connectivity index (χ3n) is 5.13. The van der Waals surface area contributed by atoms with Crippen LogP contribution in [-0.2, 0) is 6.54 Å². The average Bonchev–Trinajstić information content (AvgIpc) is 2.58. The molecule has 0 saturated carbocycles. The van der Waals surface area contributed by atoms with E-state index in [1.807, 2.05) is 16.7 Å². The van der Waals surface area contributed by atoms with Gasteiger partial charge in [-0.1, -0.05) is 12.1 Å². The van der Waals surface area contributed by atoms with Crippen LogP contribution in [0, 0.1) is 12.8 Å². The summed E-state index contributed by atoms with van der Waals surface area (Å²) in [4.78, 5) is 14.4. The number of hydrogen-bond donors (Lipinski definition) is 1. The van der Waals surface area contributed by atoms with Gasteiger partial charge in [-0.3, -0.25) is 4.79 Å². The molecule has 2 aromatic rings. The van der Waals surface area contributed by atoms with Gasteiger partial charge in [-0.05, 0) is 71.2 Å². The van der Waals surface area contributed by atoms with E-state index in [0.717, 1.165) is 47.0 Å². The molecule has 0 amide bonds. The molecular weight excluding hydrogens is 398 g/mol. The van der Waals surface area contributed by atoms with Crippen molar-refractivity contribution in [3.63, 3.8) is 0 Å². The number of nitrogens with zero attached hydrogens (tertiary/aromatic N) is 2. The number of anilines is 1. The van der Waals surface area contributed by atoms with Crippen LogP contribution in [0.4, 0.5) is 5.69 Å². The number of benzene rings is 1. The van der Waals surface area contributed by atoms with Crippen molar-refractivity contribution in [3.05, 3.63) is 62.5 Å². The van der Waals surface area contributed by atoms with E-state index in [4.69, 9.17) is 12.2 Å². The van der Waals surface area contributed by atoms with Crippen LogP contribution < -0.4 is 10.9 Å². The first-order valence-electron chi connectivity index (χ1n) is 8.53. The largest absolute Gasteiger partial charge is 0.348 e. The van der Waals surface area contributed by atoms with Crippen LogP contribution in [0.5, 0.6) is 0 Å². The Hall–Kier alpha value is -1.66. The standard InChI is InChI=1S/C19H20BrN3OS/c1-12-5-6-16(15(20)7-12)21-19(25)22-9-13-8-14(11-22)17-3-2-4-18(24)23(17)10-13/h2-7,13-14H,8-11H2,1H3,(H,21,25)/t13-,14+/m1/s1. The number of aryl methyl sites for hydroxylation is 1. The first-order valence-corrected chi connectivity index (χ1v) is 9.73. The molecule has 4 nitrogen and oxygen atoms in total. The van der Waals surface area contributed by atoms with Crippen LogP contribution in [0.2, 0.25) is 0 Å². The predicted octanol–water partition coefficient (Wildman–Crippen LogP) is 3.74. The van der Waals surface area contributed by atoms with Gasteiger partial charge in [0, 0.05) is 41.8 Å². The molecule has 130 valence electrons. The summed E-state index contributed by atoms with van der Waals surface area (Å²) in [5, 5.41) is 4.13. The van der Waals surface area contributed by atoms with Crippen molar-refractivity contribution in [2.45, 2.75) is 25.8 Å². The summed E-state index contributed by atoms with van der Waals surface area (Å²) in [6, 6.07) is 11.8. The summed E-state index contributed by atoms with van der Waals surface area (Å²) in [5.74, 6) is 0.829. The molecule has 2 aliphatic rings. The smallest absolute Gasteiger partial charge is 0.250 e. The molecule has 1 N–H and O–H groups in total. The molecule has 1 fully saturated rings. The van der Waals surface area contributed by atoms with Gasteiger partial charge in [0.15, 0.2) is 5.11 Å². The molecular formula is C19H20BrN3OS. The zero-order valence-corrected chi connectivity index (χ0v) is 16.4. The summed E-state index contributed by atoms with van der Waals surface area (Å²) in [5.41, 5.74) is 3.46. The Kier molecular flexibility index (Phi) is 4.41. The monoisotopic (exact) mass is 417 g/mol. The molecule has 2 atom stereocenters. The fraction of sp³-hybridized carbons (Fsp3) is 0.368. The second-order valence-corrected chi connectivity index (χ2v) is 8.26. The first-order chi connectivity index (χ1) is 12.0. The van der Waals surface area contributed by atoms with Gasteiger partial charge >= 0.3 is 0 Å². The van der Waals surface area contributed by atoms with Gasteiger partial charge in [-0.25, -0.2) is 0 Å². The van der Waals surface area contributed by atoms with Crippen molar-refractivity contribution in [1.82, 2.24) is 9.47 Å². The number of pyridine rings is 1. The van der Waals surface area contributed by atoms with E-state index in [1.165, 1.54) is 5.56 Å². The number of fused-ring (bicyclic) bond motifs is 4. The molecule has 0 spiro atoms. The highest BCUT2D eigenvalue weighted by Gasteiger charge is 2.35. The molecule has 1 saturated heterocycles. The third kappa shape index (κ3) is 3.25. The number of hydrogen-bond acceptors (Lipinski definition) is 2. The molecule has 2 aliphatic heterocycles. The highest BCUT2D eigenvalue weighted by molar-refractivity contribution is 9.10. The maximum absolute atomic E-state index is 12.1. The Morgan fingerprint density at radius 2 is 2.08 bits per heavy atom. The summed E-state index contributed by atoms with van der Waals surface area (Å²) < 4.78 is 2.97. The van der Waals surface area contributed by atoms with Crippen LogP contribution >= 0.6 is 28.1 Å². The normalized spacial score (nSPS) is 21.6. The Labute approximate surface area is 161 Å². The SMILES string of the molecule is Cc1ccc(NC(=S)N2C[C@H]3C[C@@H](C2)c2cccc(=O)n2C3)c(Br)c1. The van der Waals surface area contributed by atoms with Gasteiger partial charge in [-0.15, -0.1) is 0 Å². The van der Waals surface area contributed by atoms with Crippen LogP contribution in [-0.4, -0.2) is 27.7 Å². The minimum Gasteiger partial charge on any atom is -0.348 e. The Morgan fingerprint density at radius 1 is 1.24 bits per heavy atom. The van der Waals surface area contributed by atoms with Crippen LogP contribution in [0.1, 0.15) is 23.6 Å². The summed E-state index contributed by atoms with van der Waals surface area (Å²) in [7, 11) is 0. The molecule has 25 heavy (non-hydrogen) atoms. The van der Waals surface area contributed by atoms with Crippen molar-refractivity contribution in [2.24, 2.45) is 5.92 Å². The molecule has 0 unspecified atom stereocenters. The fourth-order valence-corrected chi connectivity index (χ4v) is 4.83. The summed E-state index contributed by atoms with van der Waals surface area (Å²) >= 11 is 9.28. The highest BCUT2D eigenvalue weighted by atomic mass is 79.9. The second kappa shape index (κ2) is 6.57. The number of likely N-dealkylation sites (tertiary alicyclic amines) is 1. The summed E-state index contributed by atoms with van der Waals surface area (Å²) in [6.45, 7) is 4.61. The molecule has 6 heteroatoms. The van der Waals surface area contributed by atoms with Crippen LogP contribution in [0.3, 0.4) is 0 Å². The maximum Gasteiger partial charge on any atom is 0.250 e. The number of rotatable bonds is 1. The second-order valence-electron chi connectivity index (χ2n) is 7.02. The number of aromatic nitrogens is 1. The number of nitrogens with one attached hydrogen (secondary N) is 1. The molecule has 2 bridgehead atoms. The Bertz CT molecular complexity index is 894. The van der Waals surface area contributed by atoms with Crippen molar-refractivity contribution < 1.29 is 0 Å². The van der Waals surface area contributed by atoms with E-state index in [2.05, 4.69) is 51.3 Å². The van der Waals surface area contributed by atoms with Gasteiger partial charge in [-0.2, -0.15) is 0 Å². The lowest BCUT2D eigenvalue weighted by Crippen LogP contribution is -2.50. The van der Waals surface area contributed by atoms with E-state index in [1.54, 1.807) is 6.07 Å². The molecule has 0 aliphatic carbocycles. The van der Waals surface area contributed by atoms with E-state index < -0.39 is 0 Å². The van der Waals surface area contributed by atoms with Gasteiger partial charge < -0.3 is 14.8 Å². The molecule has 3 heterocycles. The fourth-order valence-electron chi connectivity index (χ4n) is 3.98. The summed E-state index contributed by atoms with van der Waals surface area (Å²) in [6.07, 6.45) is 1.14. The first kappa shape index (κ1) is 16.8. The topological polar surface area (TPSA) is 37.3 Å². The maximum atomic E-state index is 12.1. The lowest BCUT2D eigenvalue weighted by molar-refractivity contribution is 0.180. The highest BCUT2D eigenvalue weighted by Crippen LogP contribution is 2.35. The zero-order valence-electron chi connectivity index (χ0n) is 14.0. The van der Waals surface area contributed by atoms with E-state index in [0.29, 0.717) is 11.8 Å². The molecule has 1 aromatic heterocycles. The van der Waals surface area contributed by atoms with Gasteiger partial charge in [0.1, 0.15) is 0 Å². The van der Waals surface area contributed by atoms with Crippen molar-refractivity contribution >= 4 is 38.9 Å². The minimum atomic E-state index is 0.116. The zero-order chi connectivity index (χ0) is 17.6. The third-order valence-corrected chi connectivity index (χ3v) is 6.15. The van der Waals surface area contributed by atoms with E-state index in [-0.39, 0.29) is 5.56 Å². The van der Waals surface area contributed by atoms with E-state index >= 15 is 0 Å². The van der Waals surface area contributed by atoms with Crippen molar-refractivity contribution in [2.75, 3.05) is 18.4 Å². The van der Waals surface area contributed by atoms with Crippen molar-refractivity contribution in [3.8, 4) is 0 Å². The Morgan fingerprint density at radius 3 is 2.88 bits per heavy atom. The lowest BCUT2D eigenvalue weighted by Gasteiger charge is -2.43. The van der Waals surface area contributed by atoms with E-state index in [9.17, 15) is 4.79 Å². The number of thiocarbonyl (C=S) groups is 1. The van der Waals surface area contributed by atoms with Crippen molar-refractivity contribution in [1.29, 1.82) is 0 Å². The minimum absolute atomic E-state index is 0.116. The lowest BCUT2D eigenvalue weighted by atomic mass is 9.83. The predicted molar refractivity (Wildman–Crippen MR) is 108 cm³/mol. The van der Waals surface area contributed by atoms with Crippen LogP contribution in [0.15, 0.2) is 45.7 Å².